The summed E-state index contributed by atoms with van der Waals surface area (Å²) in [6.07, 6.45) is 0.277. The number of hydrogen-bond acceptors (Lipinski definition) is 3. The minimum Gasteiger partial charge on any atom is -0.376 e. The van der Waals surface area contributed by atoms with Crippen LogP contribution in [0.2, 0.25) is 0 Å². The lowest BCUT2D eigenvalue weighted by atomic mass is 9.86. The second kappa shape index (κ2) is 7.43. The van der Waals surface area contributed by atoms with Crippen LogP contribution < -0.4 is 15.5 Å². The number of hydrogen-bond donors (Lipinski definition) is 2. The molecule has 1 unspecified atom stereocenters. The van der Waals surface area contributed by atoms with Gasteiger partial charge in [-0.05, 0) is 36.1 Å². The van der Waals surface area contributed by atoms with Crippen molar-refractivity contribution in [2.24, 2.45) is 0 Å². The van der Waals surface area contributed by atoms with E-state index in [-0.39, 0.29) is 36.2 Å². The van der Waals surface area contributed by atoms with Crippen LogP contribution >= 0.6 is 0 Å². The lowest BCUT2D eigenvalue weighted by Crippen LogP contribution is -2.42. The van der Waals surface area contributed by atoms with E-state index in [9.17, 15) is 9.59 Å². The molecule has 5 nitrogen and oxygen atoms in total. The van der Waals surface area contributed by atoms with E-state index in [1.165, 1.54) is 5.56 Å². The fourth-order valence-electron chi connectivity index (χ4n) is 3.52. The molecule has 27 heavy (non-hydrogen) atoms. The Kier molecular flexibility index (Phi) is 5.22. The van der Waals surface area contributed by atoms with Gasteiger partial charge >= 0.3 is 0 Å². The van der Waals surface area contributed by atoms with Crippen LogP contribution in [-0.4, -0.2) is 24.4 Å². The first-order chi connectivity index (χ1) is 12.8. The van der Waals surface area contributed by atoms with E-state index in [1.54, 1.807) is 4.90 Å². The average Bonchev–Trinajstić information content (AvgIpc) is 2.73. The first kappa shape index (κ1) is 19.0. The second-order valence-corrected chi connectivity index (χ2v) is 8.03. The molecule has 2 N–H and O–H groups in total. The van der Waals surface area contributed by atoms with Crippen LogP contribution in [0, 0.1) is 0 Å². The Morgan fingerprint density at radius 3 is 2.56 bits per heavy atom. The molecule has 0 aliphatic carbocycles. The zero-order valence-electron chi connectivity index (χ0n) is 16.4. The van der Waals surface area contributed by atoms with Gasteiger partial charge in [0.15, 0.2) is 0 Å². The lowest BCUT2D eigenvalue weighted by molar-refractivity contribution is -0.118. The van der Waals surface area contributed by atoms with Crippen molar-refractivity contribution in [2.45, 2.75) is 45.6 Å². The number of anilines is 3. The summed E-state index contributed by atoms with van der Waals surface area (Å²) in [4.78, 5) is 26.9. The molecule has 3 rings (SSSR count). The molecule has 0 fully saturated rings. The molecule has 142 valence electrons. The van der Waals surface area contributed by atoms with E-state index in [1.807, 2.05) is 49.4 Å². The molecule has 5 heteroatoms. The van der Waals surface area contributed by atoms with E-state index in [4.69, 9.17) is 0 Å². The monoisotopic (exact) mass is 365 g/mol. The van der Waals surface area contributed by atoms with Gasteiger partial charge in [-0.25, -0.2) is 0 Å². The normalized spacial score (nSPS) is 17.0. The molecule has 1 atom stereocenters. The van der Waals surface area contributed by atoms with Crippen LogP contribution in [-0.2, 0) is 15.0 Å². The number of rotatable bonds is 3. The van der Waals surface area contributed by atoms with Crippen LogP contribution in [0.25, 0.3) is 0 Å². The number of carbonyl (C=O) groups excluding carboxylic acids is 2. The number of nitrogens with one attached hydrogen (secondary N) is 2. The maximum absolute atomic E-state index is 13.1. The van der Waals surface area contributed by atoms with E-state index in [0.29, 0.717) is 5.69 Å². The predicted molar refractivity (Wildman–Crippen MR) is 110 cm³/mol. The Bertz CT molecular complexity index is 855. The molecule has 1 aliphatic heterocycles. The van der Waals surface area contributed by atoms with Gasteiger partial charge in [0.2, 0.25) is 11.8 Å². The summed E-state index contributed by atoms with van der Waals surface area (Å²) in [7, 11) is 0. The van der Waals surface area contributed by atoms with Gasteiger partial charge in [-0.2, -0.15) is 0 Å². The van der Waals surface area contributed by atoms with Gasteiger partial charge in [0, 0.05) is 18.2 Å². The SMILES string of the molecule is CC1CC(=O)Nc2ccccc2N1C(=O)CNc1ccccc1C(C)(C)C. The second-order valence-electron chi connectivity index (χ2n) is 8.03. The summed E-state index contributed by atoms with van der Waals surface area (Å²) < 4.78 is 0. The van der Waals surface area contributed by atoms with Gasteiger partial charge in [-0.15, -0.1) is 0 Å². The Labute approximate surface area is 160 Å². The maximum atomic E-state index is 13.1. The highest BCUT2D eigenvalue weighted by atomic mass is 16.2. The van der Waals surface area contributed by atoms with Crippen LogP contribution in [0.3, 0.4) is 0 Å². The van der Waals surface area contributed by atoms with Gasteiger partial charge in [0.1, 0.15) is 0 Å². The van der Waals surface area contributed by atoms with Gasteiger partial charge in [-0.1, -0.05) is 51.1 Å². The van der Waals surface area contributed by atoms with Crippen molar-refractivity contribution in [1.82, 2.24) is 0 Å². The highest BCUT2D eigenvalue weighted by Crippen LogP contribution is 2.32. The van der Waals surface area contributed by atoms with Crippen molar-refractivity contribution in [3.63, 3.8) is 0 Å². The summed E-state index contributed by atoms with van der Waals surface area (Å²) in [6, 6.07) is 15.3. The standard InChI is InChI=1S/C22H27N3O2/c1-15-13-20(26)24-18-11-7-8-12-19(18)25(15)21(27)14-23-17-10-6-5-9-16(17)22(2,3)4/h5-12,15,23H,13-14H2,1-4H3,(H,24,26). The Hall–Kier alpha value is -2.82. The molecule has 2 amide bonds. The van der Waals surface area contributed by atoms with Crippen LogP contribution in [0.1, 0.15) is 39.7 Å². The van der Waals surface area contributed by atoms with Crippen molar-refractivity contribution in [3.05, 3.63) is 54.1 Å². The topological polar surface area (TPSA) is 61.4 Å². The van der Waals surface area contributed by atoms with Crippen molar-refractivity contribution in [2.75, 3.05) is 22.1 Å². The molecule has 0 spiro atoms. The largest absolute Gasteiger partial charge is 0.376 e. The van der Waals surface area contributed by atoms with Crippen molar-refractivity contribution in [1.29, 1.82) is 0 Å². The smallest absolute Gasteiger partial charge is 0.246 e. The molecule has 2 aromatic rings. The zero-order chi connectivity index (χ0) is 19.6. The third kappa shape index (κ3) is 4.13. The Morgan fingerprint density at radius 2 is 1.81 bits per heavy atom. The molecule has 1 heterocycles. The van der Waals surface area contributed by atoms with Crippen LogP contribution in [0.5, 0.6) is 0 Å². The van der Waals surface area contributed by atoms with Crippen molar-refractivity contribution >= 4 is 28.9 Å². The molecule has 0 bridgehead atoms. The van der Waals surface area contributed by atoms with E-state index < -0.39 is 0 Å². The zero-order valence-corrected chi connectivity index (χ0v) is 16.4. The first-order valence-electron chi connectivity index (χ1n) is 9.31. The van der Waals surface area contributed by atoms with Gasteiger partial charge in [-0.3, -0.25) is 9.59 Å². The first-order valence-corrected chi connectivity index (χ1v) is 9.31. The Morgan fingerprint density at radius 1 is 1.15 bits per heavy atom. The molecule has 2 aromatic carbocycles. The summed E-state index contributed by atoms with van der Waals surface area (Å²) in [5, 5.41) is 6.19. The molecule has 0 aromatic heterocycles. The number of carbonyl (C=O) groups is 2. The predicted octanol–water partition coefficient (Wildman–Crippen LogP) is 4.16. The van der Waals surface area contributed by atoms with Crippen LogP contribution in [0.15, 0.2) is 48.5 Å². The minimum absolute atomic E-state index is 0.0223. The summed E-state index contributed by atoms with van der Waals surface area (Å²) in [5.74, 6) is -0.133. The Balaban J connectivity index is 1.84. The molecule has 0 saturated carbocycles. The fraction of sp³-hybridized carbons (Fsp3) is 0.364. The summed E-state index contributed by atoms with van der Waals surface area (Å²) >= 11 is 0. The minimum atomic E-state index is -0.208. The van der Waals surface area contributed by atoms with Crippen molar-refractivity contribution in [3.8, 4) is 0 Å². The molecule has 1 aliphatic rings. The average molecular weight is 365 g/mol. The van der Waals surface area contributed by atoms with Crippen molar-refractivity contribution < 1.29 is 9.59 Å². The molecular formula is C22H27N3O2. The maximum Gasteiger partial charge on any atom is 0.246 e. The third-order valence-electron chi connectivity index (χ3n) is 4.79. The highest BCUT2D eigenvalue weighted by molar-refractivity contribution is 6.05. The number of amides is 2. The number of para-hydroxylation sites is 3. The van der Waals surface area contributed by atoms with E-state index >= 15 is 0 Å². The van der Waals surface area contributed by atoms with E-state index in [0.717, 1.165) is 11.4 Å². The molecule has 0 radical (unpaired) electrons. The third-order valence-corrected chi connectivity index (χ3v) is 4.79. The number of fused-ring (bicyclic) bond motifs is 1. The number of benzene rings is 2. The van der Waals surface area contributed by atoms with Gasteiger partial charge in [0.05, 0.1) is 17.9 Å². The lowest BCUT2D eigenvalue weighted by Gasteiger charge is -2.29. The van der Waals surface area contributed by atoms with Crippen LogP contribution in [0.4, 0.5) is 17.1 Å². The number of nitrogens with zero attached hydrogens (tertiary/aromatic N) is 1. The highest BCUT2D eigenvalue weighted by Gasteiger charge is 2.29. The fourth-order valence-corrected chi connectivity index (χ4v) is 3.52. The van der Waals surface area contributed by atoms with Gasteiger partial charge < -0.3 is 15.5 Å². The molecular weight excluding hydrogens is 338 g/mol. The summed E-state index contributed by atoms with van der Waals surface area (Å²) in [6.45, 7) is 8.53. The quantitative estimate of drug-likeness (QED) is 0.858. The summed E-state index contributed by atoms with van der Waals surface area (Å²) in [5.41, 5.74) is 3.52. The molecule has 0 saturated heterocycles. The van der Waals surface area contributed by atoms with E-state index in [2.05, 4.69) is 37.5 Å². The van der Waals surface area contributed by atoms with Gasteiger partial charge in [0.25, 0.3) is 0 Å².